The Bertz CT molecular complexity index is 1130. The highest BCUT2D eigenvalue weighted by atomic mass is 35.5. The van der Waals surface area contributed by atoms with Crippen molar-refractivity contribution in [3.8, 4) is 0 Å². The molecular weight excluding hydrogens is 442 g/mol. The number of hydrogen-bond acceptors (Lipinski definition) is 6. The zero-order valence-electron chi connectivity index (χ0n) is 17.3. The molecule has 0 N–H and O–H groups in total. The van der Waals surface area contributed by atoms with Crippen LogP contribution in [-0.4, -0.2) is 42.5 Å². The van der Waals surface area contributed by atoms with Crippen molar-refractivity contribution >= 4 is 27.3 Å². The lowest BCUT2D eigenvalue weighted by atomic mass is 10.2. The lowest BCUT2D eigenvalue weighted by Gasteiger charge is -2.21. The first kappa shape index (κ1) is 23.1. The number of aromatic nitrogens is 2. The molecule has 166 valence electrons. The lowest BCUT2D eigenvalue weighted by Crippen LogP contribution is -2.29. The Balaban J connectivity index is 1.91. The molecule has 3 rings (SSSR count). The van der Waals surface area contributed by atoms with Crippen LogP contribution in [0.4, 0.5) is 0 Å². The van der Waals surface area contributed by atoms with Gasteiger partial charge in [0.2, 0.25) is 20.9 Å². The molecule has 3 aromatic rings. The van der Waals surface area contributed by atoms with Crippen LogP contribution in [-0.2, 0) is 44.8 Å². The second-order valence-electron chi connectivity index (χ2n) is 6.98. The summed E-state index contributed by atoms with van der Waals surface area (Å²) in [6.07, 6.45) is 3.02. The predicted molar refractivity (Wildman–Crippen MR) is 115 cm³/mol. The molecule has 0 saturated heterocycles. The average Bonchev–Trinajstić information content (AvgIpc) is 3.37. The van der Waals surface area contributed by atoms with Crippen LogP contribution in [0.3, 0.4) is 0 Å². The second-order valence-corrected chi connectivity index (χ2v) is 9.27. The van der Waals surface area contributed by atoms with E-state index in [9.17, 15) is 13.2 Å². The lowest BCUT2D eigenvalue weighted by molar-refractivity contribution is -0.130. The summed E-state index contributed by atoms with van der Waals surface area (Å²) in [7, 11) is -2.26. The number of hydrogen-bond donors (Lipinski definition) is 0. The van der Waals surface area contributed by atoms with Gasteiger partial charge < -0.3 is 18.6 Å². The van der Waals surface area contributed by atoms with Gasteiger partial charge in [0.05, 0.1) is 43.6 Å². The normalized spacial score (nSPS) is 11.6. The maximum atomic E-state index is 13.1. The number of carbonyl (C=O) groups excluding carboxylic acids is 1. The SMILES string of the molecule is COCCn1c(CN(Cc2ccco2)C(C)=O)cnc1S(=O)(=O)Cc1ccccc1Cl. The van der Waals surface area contributed by atoms with Crippen molar-refractivity contribution in [2.45, 2.75) is 37.5 Å². The fourth-order valence-corrected chi connectivity index (χ4v) is 4.97. The number of furan rings is 1. The third-order valence-electron chi connectivity index (χ3n) is 4.73. The first-order valence-electron chi connectivity index (χ1n) is 9.59. The third-order valence-corrected chi connectivity index (χ3v) is 6.67. The van der Waals surface area contributed by atoms with E-state index in [1.165, 1.54) is 26.5 Å². The standard InChI is InChI=1S/C21H24ClN3O5S/c1-16(26)24(14-19-7-5-10-30-19)13-18-12-23-21(25(18)9-11-29-2)31(27,28)15-17-6-3-4-8-20(17)22/h3-8,10,12H,9,11,13-15H2,1-2H3. The van der Waals surface area contributed by atoms with Crippen LogP contribution in [0.15, 0.2) is 58.4 Å². The Morgan fingerprint density at radius 2 is 2.00 bits per heavy atom. The van der Waals surface area contributed by atoms with Crippen molar-refractivity contribution in [1.82, 2.24) is 14.5 Å². The first-order valence-corrected chi connectivity index (χ1v) is 11.6. The molecule has 0 radical (unpaired) electrons. The van der Waals surface area contributed by atoms with Gasteiger partial charge in [0, 0.05) is 25.6 Å². The number of carbonyl (C=O) groups is 1. The summed E-state index contributed by atoms with van der Waals surface area (Å²) in [4.78, 5) is 17.9. The summed E-state index contributed by atoms with van der Waals surface area (Å²) in [5, 5.41) is 0.295. The van der Waals surface area contributed by atoms with Crippen molar-refractivity contribution in [2.24, 2.45) is 0 Å². The average molecular weight is 466 g/mol. The molecule has 0 fully saturated rings. The van der Waals surface area contributed by atoms with Gasteiger partial charge in [-0.15, -0.1) is 0 Å². The topological polar surface area (TPSA) is 94.6 Å². The molecule has 0 unspecified atom stereocenters. The molecule has 8 nitrogen and oxygen atoms in total. The Morgan fingerprint density at radius 1 is 1.23 bits per heavy atom. The summed E-state index contributed by atoms with van der Waals surface area (Å²) in [6.45, 7) is 2.45. The summed E-state index contributed by atoms with van der Waals surface area (Å²) in [5.74, 6) is 0.180. The van der Waals surface area contributed by atoms with Gasteiger partial charge in [0.25, 0.3) is 0 Å². The molecule has 10 heteroatoms. The Labute approximate surface area is 186 Å². The minimum atomic E-state index is -3.79. The zero-order valence-corrected chi connectivity index (χ0v) is 18.9. The van der Waals surface area contributed by atoms with Gasteiger partial charge in [-0.05, 0) is 23.8 Å². The van der Waals surface area contributed by atoms with E-state index in [1.807, 2.05) is 0 Å². The van der Waals surface area contributed by atoms with E-state index in [0.717, 1.165) is 0 Å². The molecule has 31 heavy (non-hydrogen) atoms. The fraction of sp³-hybridized carbons (Fsp3) is 0.333. The van der Waals surface area contributed by atoms with E-state index >= 15 is 0 Å². The Hall–Kier alpha value is -2.62. The van der Waals surface area contributed by atoms with Crippen LogP contribution in [0.25, 0.3) is 0 Å². The van der Waals surface area contributed by atoms with Gasteiger partial charge in [-0.1, -0.05) is 29.8 Å². The van der Waals surface area contributed by atoms with Crippen molar-refractivity contribution in [1.29, 1.82) is 0 Å². The molecule has 0 aliphatic heterocycles. The van der Waals surface area contributed by atoms with E-state index in [0.29, 0.717) is 22.0 Å². The first-order chi connectivity index (χ1) is 14.8. The van der Waals surface area contributed by atoms with Crippen LogP contribution < -0.4 is 0 Å². The quantitative estimate of drug-likeness (QED) is 0.456. The van der Waals surface area contributed by atoms with Crippen LogP contribution >= 0.6 is 11.6 Å². The van der Waals surface area contributed by atoms with Crippen LogP contribution in [0.5, 0.6) is 0 Å². The Kier molecular flexibility index (Phi) is 7.53. The summed E-state index contributed by atoms with van der Waals surface area (Å²) in [6, 6.07) is 10.3. The molecule has 0 spiro atoms. The van der Waals surface area contributed by atoms with Gasteiger partial charge in [0.1, 0.15) is 5.76 Å². The summed E-state index contributed by atoms with van der Waals surface area (Å²) in [5.41, 5.74) is 1.08. The number of nitrogens with zero attached hydrogens (tertiary/aromatic N) is 3. The number of imidazole rings is 1. The van der Waals surface area contributed by atoms with Crippen molar-refractivity contribution in [3.05, 3.63) is 70.9 Å². The largest absolute Gasteiger partial charge is 0.467 e. The second kappa shape index (κ2) is 10.1. The maximum absolute atomic E-state index is 13.1. The molecule has 0 aliphatic carbocycles. The van der Waals surface area contributed by atoms with E-state index in [4.69, 9.17) is 20.8 Å². The van der Waals surface area contributed by atoms with Gasteiger partial charge >= 0.3 is 0 Å². The van der Waals surface area contributed by atoms with E-state index < -0.39 is 9.84 Å². The number of methoxy groups -OCH3 is 1. The van der Waals surface area contributed by atoms with Crippen LogP contribution in [0.2, 0.25) is 5.02 Å². The maximum Gasteiger partial charge on any atom is 0.228 e. The minimum absolute atomic E-state index is 0.0824. The molecule has 2 aromatic heterocycles. The highest BCUT2D eigenvalue weighted by molar-refractivity contribution is 7.90. The number of rotatable bonds is 10. The van der Waals surface area contributed by atoms with Gasteiger partial charge in [-0.25, -0.2) is 13.4 Å². The van der Waals surface area contributed by atoms with Gasteiger partial charge in [-0.2, -0.15) is 0 Å². The smallest absolute Gasteiger partial charge is 0.228 e. The molecule has 0 aliphatic rings. The Morgan fingerprint density at radius 3 is 2.65 bits per heavy atom. The minimum Gasteiger partial charge on any atom is -0.467 e. The van der Waals surface area contributed by atoms with E-state index in [-0.39, 0.29) is 43.1 Å². The van der Waals surface area contributed by atoms with Crippen LogP contribution in [0, 0.1) is 0 Å². The molecule has 0 atom stereocenters. The number of sulfone groups is 1. The van der Waals surface area contributed by atoms with Gasteiger partial charge in [-0.3, -0.25) is 4.79 Å². The molecule has 0 bridgehead atoms. The van der Waals surface area contributed by atoms with E-state index in [1.54, 1.807) is 45.9 Å². The highest BCUT2D eigenvalue weighted by Crippen LogP contribution is 2.23. The molecule has 2 heterocycles. The highest BCUT2D eigenvalue weighted by Gasteiger charge is 2.26. The fourth-order valence-electron chi connectivity index (χ4n) is 3.14. The molecular formula is C21H24ClN3O5S. The zero-order chi connectivity index (χ0) is 22.4. The summed E-state index contributed by atoms with van der Waals surface area (Å²) < 4.78 is 38.4. The monoisotopic (exact) mass is 465 g/mol. The number of amides is 1. The molecule has 1 amide bonds. The number of benzene rings is 1. The number of halogens is 1. The van der Waals surface area contributed by atoms with E-state index in [2.05, 4.69) is 4.98 Å². The van der Waals surface area contributed by atoms with Crippen LogP contribution in [0.1, 0.15) is 23.9 Å². The third kappa shape index (κ3) is 5.75. The van der Waals surface area contributed by atoms with Crippen molar-refractivity contribution in [3.63, 3.8) is 0 Å². The number of ether oxygens (including phenoxy) is 1. The van der Waals surface area contributed by atoms with Crippen molar-refractivity contribution < 1.29 is 22.4 Å². The molecule has 1 aromatic carbocycles. The van der Waals surface area contributed by atoms with Crippen molar-refractivity contribution in [2.75, 3.05) is 13.7 Å². The predicted octanol–water partition coefficient (Wildman–Crippen LogP) is 3.30. The van der Waals surface area contributed by atoms with Gasteiger partial charge in [0.15, 0.2) is 0 Å². The molecule has 0 saturated carbocycles. The summed E-state index contributed by atoms with van der Waals surface area (Å²) >= 11 is 6.15.